The standard InChI is InChI=1S/C23H21N3O2S/c1-2-25(15-17-7-4-3-5-8-17)21-20(19-9-6-14-29-19)22(27)26(23(21)28)16-18-10-12-24-13-11-18/h3-14H,2,15-16H2,1H3. The van der Waals surface area contributed by atoms with E-state index in [1.807, 2.05) is 71.8 Å². The number of thiophene rings is 1. The molecule has 0 fully saturated rings. The number of benzene rings is 1. The molecule has 0 unspecified atom stereocenters. The molecular formula is C23H21N3O2S. The molecule has 0 spiro atoms. The predicted octanol–water partition coefficient (Wildman–Crippen LogP) is 3.95. The van der Waals surface area contributed by atoms with Crippen molar-refractivity contribution in [2.45, 2.75) is 20.0 Å². The Morgan fingerprint density at radius 2 is 1.69 bits per heavy atom. The van der Waals surface area contributed by atoms with Crippen LogP contribution >= 0.6 is 11.3 Å². The summed E-state index contributed by atoms with van der Waals surface area (Å²) in [5, 5.41) is 1.93. The largest absolute Gasteiger partial charge is 0.362 e. The van der Waals surface area contributed by atoms with Crippen molar-refractivity contribution in [3.05, 3.63) is 94.1 Å². The summed E-state index contributed by atoms with van der Waals surface area (Å²) in [5.74, 6) is -0.483. The van der Waals surface area contributed by atoms with Crippen LogP contribution in [0.2, 0.25) is 0 Å². The molecule has 3 heterocycles. The molecule has 0 bridgehead atoms. The van der Waals surface area contributed by atoms with Crippen LogP contribution in [-0.4, -0.2) is 33.1 Å². The predicted molar refractivity (Wildman–Crippen MR) is 114 cm³/mol. The van der Waals surface area contributed by atoms with Gasteiger partial charge in [-0.3, -0.25) is 19.5 Å². The van der Waals surface area contributed by atoms with E-state index in [1.165, 1.54) is 16.2 Å². The Morgan fingerprint density at radius 1 is 0.931 bits per heavy atom. The maximum absolute atomic E-state index is 13.4. The number of aromatic nitrogens is 1. The summed E-state index contributed by atoms with van der Waals surface area (Å²) in [6.07, 6.45) is 3.34. The van der Waals surface area contributed by atoms with Gasteiger partial charge in [0, 0.05) is 30.4 Å². The van der Waals surface area contributed by atoms with E-state index in [0.29, 0.717) is 24.4 Å². The number of amides is 2. The molecule has 4 rings (SSSR count). The lowest BCUT2D eigenvalue weighted by Crippen LogP contribution is -2.34. The zero-order valence-electron chi connectivity index (χ0n) is 16.1. The minimum absolute atomic E-state index is 0.238. The van der Waals surface area contributed by atoms with E-state index in [9.17, 15) is 9.59 Å². The van der Waals surface area contributed by atoms with E-state index in [1.54, 1.807) is 12.4 Å². The molecule has 0 saturated carbocycles. The summed E-state index contributed by atoms with van der Waals surface area (Å²) in [7, 11) is 0. The van der Waals surface area contributed by atoms with Gasteiger partial charge < -0.3 is 4.90 Å². The molecule has 2 amide bonds. The van der Waals surface area contributed by atoms with Crippen LogP contribution < -0.4 is 0 Å². The molecule has 1 aliphatic rings. The van der Waals surface area contributed by atoms with Gasteiger partial charge in [0.15, 0.2) is 0 Å². The second kappa shape index (κ2) is 8.41. The Labute approximate surface area is 173 Å². The third kappa shape index (κ3) is 3.84. The highest BCUT2D eigenvalue weighted by molar-refractivity contribution is 7.11. The number of hydrogen-bond donors (Lipinski definition) is 0. The highest BCUT2D eigenvalue weighted by atomic mass is 32.1. The van der Waals surface area contributed by atoms with Crippen LogP contribution in [0.3, 0.4) is 0 Å². The SMILES string of the molecule is CCN(Cc1ccccc1)C1=C(c2cccs2)C(=O)N(Cc2ccncc2)C1=O. The Kier molecular flexibility index (Phi) is 5.53. The summed E-state index contributed by atoms with van der Waals surface area (Å²) in [4.78, 5) is 34.9. The van der Waals surface area contributed by atoms with Crippen molar-refractivity contribution in [1.29, 1.82) is 0 Å². The molecule has 0 radical (unpaired) electrons. The van der Waals surface area contributed by atoms with Gasteiger partial charge in [-0.15, -0.1) is 11.3 Å². The highest BCUT2D eigenvalue weighted by Gasteiger charge is 2.41. The average molecular weight is 404 g/mol. The molecule has 0 atom stereocenters. The molecule has 6 heteroatoms. The Hall–Kier alpha value is -3.25. The fourth-order valence-electron chi connectivity index (χ4n) is 3.47. The van der Waals surface area contributed by atoms with Crippen molar-refractivity contribution in [3.8, 4) is 0 Å². The van der Waals surface area contributed by atoms with Gasteiger partial charge in [0.2, 0.25) is 0 Å². The third-order valence-electron chi connectivity index (χ3n) is 4.92. The van der Waals surface area contributed by atoms with Crippen molar-refractivity contribution in [1.82, 2.24) is 14.8 Å². The summed E-state index contributed by atoms with van der Waals surface area (Å²) < 4.78 is 0. The highest BCUT2D eigenvalue weighted by Crippen LogP contribution is 2.35. The van der Waals surface area contributed by atoms with Gasteiger partial charge in [-0.2, -0.15) is 0 Å². The lowest BCUT2D eigenvalue weighted by molar-refractivity contribution is -0.138. The number of carbonyl (C=O) groups excluding carboxylic acids is 2. The smallest absolute Gasteiger partial charge is 0.278 e. The number of likely N-dealkylation sites (N-methyl/N-ethyl adjacent to an activating group) is 1. The van der Waals surface area contributed by atoms with Crippen LogP contribution in [0.5, 0.6) is 0 Å². The van der Waals surface area contributed by atoms with Gasteiger partial charge in [0.25, 0.3) is 11.8 Å². The van der Waals surface area contributed by atoms with Crippen LogP contribution in [0.15, 0.2) is 78.1 Å². The van der Waals surface area contributed by atoms with E-state index >= 15 is 0 Å². The molecule has 29 heavy (non-hydrogen) atoms. The van der Waals surface area contributed by atoms with Gasteiger partial charge in [-0.25, -0.2) is 0 Å². The van der Waals surface area contributed by atoms with Crippen LogP contribution in [0.25, 0.3) is 5.57 Å². The van der Waals surface area contributed by atoms with Crippen LogP contribution in [0.1, 0.15) is 22.9 Å². The van der Waals surface area contributed by atoms with Crippen molar-refractivity contribution in [2.24, 2.45) is 0 Å². The molecule has 5 nitrogen and oxygen atoms in total. The lowest BCUT2D eigenvalue weighted by atomic mass is 10.1. The van der Waals surface area contributed by atoms with Crippen molar-refractivity contribution in [2.75, 3.05) is 6.54 Å². The van der Waals surface area contributed by atoms with E-state index in [2.05, 4.69) is 4.98 Å². The van der Waals surface area contributed by atoms with Gasteiger partial charge >= 0.3 is 0 Å². The van der Waals surface area contributed by atoms with Crippen molar-refractivity contribution in [3.63, 3.8) is 0 Å². The second-order valence-electron chi connectivity index (χ2n) is 6.75. The van der Waals surface area contributed by atoms with Gasteiger partial charge in [-0.1, -0.05) is 36.4 Å². The van der Waals surface area contributed by atoms with Gasteiger partial charge in [0.1, 0.15) is 5.70 Å². The van der Waals surface area contributed by atoms with Gasteiger partial charge in [-0.05, 0) is 41.6 Å². The fourth-order valence-corrected chi connectivity index (χ4v) is 4.23. The van der Waals surface area contributed by atoms with Crippen LogP contribution in [0, 0.1) is 0 Å². The quantitative estimate of drug-likeness (QED) is 0.561. The zero-order chi connectivity index (χ0) is 20.2. The van der Waals surface area contributed by atoms with Gasteiger partial charge in [0.05, 0.1) is 12.1 Å². The number of imide groups is 1. The topological polar surface area (TPSA) is 53.5 Å². The van der Waals surface area contributed by atoms with Crippen LogP contribution in [0.4, 0.5) is 0 Å². The molecule has 0 aliphatic carbocycles. The third-order valence-corrected chi connectivity index (χ3v) is 5.80. The lowest BCUT2D eigenvalue weighted by Gasteiger charge is -2.24. The molecule has 2 aromatic heterocycles. The van der Waals surface area contributed by atoms with Crippen molar-refractivity contribution < 1.29 is 9.59 Å². The second-order valence-corrected chi connectivity index (χ2v) is 7.70. The normalized spacial score (nSPS) is 14.0. The Bertz CT molecular complexity index is 1030. The summed E-state index contributed by atoms with van der Waals surface area (Å²) in [6, 6.07) is 17.4. The number of carbonyl (C=O) groups is 2. The minimum Gasteiger partial charge on any atom is -0.362 e. The molecule has 1 aromatic carbocycles. The monoisotopic (exact) mass is 403 g/mol. The summed E-state index contributed by atoms with van der Waals surface area (Å²) in [5.41, 5.74) is 2.95. The number of nitrogens with zero attached hydrogens (tertiary/aromatic N) is 3. The molecule has 146 valence electrons. The maximum atomic E-state index is 13.4. The number of pyridine rings is 1. The summed E-state index contributed by atoms with van der Waals surface area (Å²) in [6.45, 7) is 3.44. The first kappa shape index (κ1) is 19.1. The first-order valence-corrected chi connectivity index (χ1v) is 10.4. The number of hydrogen-bond acceptors (Lipinski definition) is 5. The van der Waals surface area contributed by atoms with E-state index in [-0.39, 0.29) is 18.4 Å². The van der Waals surface area contributed by atoms with E-state index in [4.69, 9.17) is 0 Å². The average Bonchev–Trinajstić information content (AvgIpc) is 3.36. The molecule has 0 N–H and O–H groups in total. The van der Waals surface area contributed by atoms with Crippen molar-refractivity contribution >= 4 is 28.7 Å². The molecular weight excluding hydrogens is 382 g/mol. The first-order valence-electron chi connectivity index (χ1n) is 9.51. The molecule has 3 aromatic rings. The summed E-state index contributed by atoms with van der Waals surface area (Å²) >= 11 is 1.48. The fraction of sp³-hybridized carbons (Fsp3) is 0.174. The molecule has 1 aliphatic heterocycles. The first-order chi connectivity index (χ1) is 14.2. The maximum Gasteiger partial charge on any atom is 0.278 e. The van der Waals surface area contributed by atoms with Crippen LogP contribution in [-0.2, 0) is 22.7 Å². The minimum atomic E-state index is -0.243. The number of rotatable bonds is 7. The van der Waals surface area contributed by atoms with E-state index in [0.717, 1.165) is 16.0 Å². The Morgan fingerprint density at radius 3 is 2.34 bits per heavy atom. The zero-order valence-corrected chi connectivity index (χ0v) is 16.9. The van der Waals surface area contributed by atoms with E-state index < -0.39 is 0 Å². The molecule has 0 saturated heterocycles. The Balaban J connectivity index is 1.72.